The molecule has 1 aliphatic heterocycles. The van der Waals surface area contributed by atoms with E-state index in [2.05, 4.69) is 4.74 Å². The summed E-state index contributed by atoms with van der Waals surface area (Å²) in [6.07, 6.45) is -1.82. The molecule has 3 aromatic rings. The molecule has 1 heterocycles. The Balaban J connectivity index is 1.61. The molecule has 3 N–H and O–H groups in total. The Morgan fingerprint density at radius 2 is 1.42 bits per heavy atom. The van der Waals surface area contributed by atoms with E-state index in [9.17, 15) is 49.3 Å². The van der Waals surface area contributed by atoms with E-state index < -0.39 is 77.3 Å². The lowest BCUT2D eigenvalue weighted by Gasteiger charge is -2.50. The van der Waals surface area contributed by atoms with E-state index in [0.29, 0.717) is 20.9 Å². The highest BCUT2D eigenvalue weighted by molar-refractivity contribution is 6.04. The van der Waals surface area contributed by atoms with Crippen LogP contribution in [0.2, 0.25) is 0 Å². The number of carbonyl (C=O) groups is 5. The number of nitrogens with zero attached hydrogens (tertiary/aromatic N) is 4. The number of β-lactam (4-membered cyclic amide) rings is 1. The summed E-state index contributed by atoms with van der Waals surface area (Å²) in [5.74, 6) is -4.51. The Morgan fingerprint density at radius 1 is 0.900 bits per heavy atom. The molecule has 18 nitrogen and oxygen atoms in total. The van der Waals surface area contributed by atoms with Gasteiger partial charge in [-0.3, -0.25) is 34.7 Å². The molecule has 0 bridgehead atoms. The normalized spacial score (nSPS) is 16.5. The van der Waals surface area contributed by atoms with E-state index >= 15 is 0 Å². The number of imide groups is 1. The average Bonchev–Trinajstić information content (AvgIpc) is 3.12. The summed E-state index contributed by atoms with van der Waals surface area (Å²) >= 11 is 0. The molecule has 4 atom stereocenters. The maximum Gasteiger partial charge on any atom is 0.417 e. The van der Waals surface area contributed by atoms with Crippen LogP contribution >= 0.6 is 0 Å². The van der Waals surface area contributed by atoms with Gasteiger partial charge in [0.1, 0.15) is 25.3 Å². The predicted octanol–water partition coefficient (Wildman–Crippen LogP) is 2.04. The Morgan fingerprint density at radius 3 is 1.92 bits per heavy atom. The van der Waals surface area contributed by atoms with Crippen LogP contribution in [-0.2, 0) is 46.6 Å². The number of non-ortho nitro benzene ring substituents is 2. The van der Waals surface area contributed by atoms with Crippen LogP contribution in [0.1, 0.15) is 22.7 Å². The number of amides is 3. The number of hydrogen-bond donors (Lipinski definition) is 2. The number of benzene rings is 3. The zero-order valence-electron chi connectivity index (χ0n) is 26.1. The lowest BCUT2D eigenvalue weighted by Crippen LogP contribution is -2.75. The summed E-state index contributed by atoms with van der Waals surface area (Å²) in [6, 6.07) is 12.9. The topological polar surface area (TPSA) is 252 Å². The molecule has 50 heavy (non-hydrogen) atoms. The van der Waals surface area contributed by atoms with E-state index in [-0.39, 0.29) is 16.9 Å². The van der Waals surface area contributed by atoms with Crippen molar-refractivity contribution in [3.8, 4) is 0 Å². The van der Waals surface area contributed by atoms with Crippen molar-refractivity contribution in [2.24, 2.45) is 5.73 Å². The number of aliphatic hydroxyl groups is 1. The van der Waals surface area contributed by atoms with Gasteiger partial charge in [0.15, 0.2) is 0 Å². The van der Waals surface area contributed by atoms with Crippen molar-refractivity contribution in [1.82, 2.24) is 9.80 Å². The molecule has 0 aliphatic carbocycles. The first-order chi connectivity index (χ1) is 23.8. The number of methoxy groups -OCH3 is 1. The Hall–Kier alpha value is -6.53. The van der Waals surface area contributed by atoms with Crippen LogP contribution < -0.4 is 5.73 Å². The third-order valence-electron chi connectivity index (χ3n) is 7.43. The van der Waals surface area contributed by atoms with Gasteiger partial charge < -0.3 is 25.1 Å². The third-order valence-corrected chi connectivity index (χ3v) is 7.43. The molecule has 0 radical (unpaired) electrons. The van der Waals surface area contributed by atoms with E-state index in [1.807, 2.05) is 0 Å². The second-order valence-electron chi connectivity index (χ2n) is 10.5. The van der Waals surface area contributed by atoms with Crippen LogP contribution in [0.5, 0.6) is 0 Å². The van der Waals surface area contributed by atoms with Crippen LogP contribution in [0.15, 0.2) is 91.0 Å². The molecule has 3 unspecified atom stereocenters. The summed E-state index contributed by atoms with van der Waals surface area (Å²) < 4.78 is 15.0. The van der Waals surface area contributed by atoms with E-state index in [0.717, 1.165) is 19.3 Å². The number of likely N-dealkylation sites (tertiary alicyclic amines) is 1. The van der Waals surface area contributed by atoms with Gasteiger partial charge in [0.05, 0.1) is 23.0 Å². The number of aliphatic hydroxyl groups excluding tert-OH is 1. The zero-order valence-corrected chi connectivity index (χ0v) is 26.1. The molecule has 1 aliphatic rings. The molecule has 1 saturated heterocycles. The van der Waals surface area contributed by atoms with Crippen molar-refractivity contribution >= 4 is 41.2 Å². The largest absolute Gasteiger partial charge is 0.466 e. The lowest BCUT2D eigenvalue weighted by atomic mass is 9.91. The SMILES string of the molecule is COC(=O)C=CC1C(N(C(=O)OCc2ccc([N+](=O)[O-])cc2)C(=O)[C@@H](N)c2ccccc2)C(=O)N1C(O)C(=O)OCc1ccc([N+](=O)[O-])cc1. The Labute approximate surface area is 282 Å². The fraction of sp³-hybridized carbons (Fsp3) is 0.219. The quantitative estimate of drug-likeness (QED) is 0.0650. The van der Waals surface area contributed by atoms with Gasteiger partial charge in [0.2, 0.25) is 6.23 Å². The molecular formula is C32H29N5O13. The van der Waals surface area contributed by atoms with Crippen molar-refractivity contribution in [3.63, 3.8) is 0 Å². The highest BCUT2D eigenvalue weighted by Gasteiger charge is 2.57. The van der Waals surface area contributed by atoms with Gasteiger partial charge in [-0.05, 0) is 41.0 Å². The maximum absolute atomic E-state index is 13.8. The minimum absolute atomic E-state index is 0.213. The van der Waals surface area contributed by atoms with Crippen LogP contribution in [0, 0.1) is 20.2 Å². The summed E-state index contributed by atoms with van der Waals surface area (Å²) in [7, 11) is 1.06. The Bertz CT molecular complexity index is 1800. The Kier molecular flexibility index (Phi) is 11.7. The van der Waals surface area contributed by atoms with E-state index in [4.69, 9.17) is 15.2 Å². The molecule has 4 rings (SSSR count). The van der Waals surface area contributed by atoms with Gasteiger partial charge in [-0.25, -0.2) is 19.3 Å². The van der Waals surface area contributed by atoms with Crippen LogP contribution in [0.25, 0.3) is 0 Å². The zero-order chi connectivity index (χ0) is 36.5. The first-order valence-corrected chi connectivity index (χ1v) is 14.5. The number of nitrogens with two attached hydrogens (primary N) is 1. The second kappa shape index (κ2) is 16.0. The highest BCUT2D eigenvalue weighted by Crippen LogP contribution is 2.32. The molecule has 0 aromatic heterocycles. The first-order valence-electron chi connectivity index (χ1n) is 14.5. The number of nitro groups is 2. The van der Waals surface area contributed by atoms with Crippen LogP contribution in [0.3, 0.4) is 0 Å². The molecule has 3 amide bonds. The van der Waals surface area contributed by atoms with Crippen molar-refractivity contribution in [1.29, 1.82) is 0 Å². The van der Waals surface area contributed by atoms with Crippen LogP contribution in [-0.4, -0.2) is 80.0 Å². The van der Waals surface area contributed by atoms with Gasteiger partial charge in [-0.2, -0.15) is 0 Å². The van der Waals surface area contributed by atoms with Crippen molar-refractivity contribution < 1.29 is 53.1 Å². The summed E-state index contributed by atoms with van der Waals surface area (Å²) in [5, 5.41) is 32.8. The second-order valence-corrected chi connectivity index (χ2v) is 10.5. The monoisotopic (exact) mass is 691 g/mol. The van der Waals surface area contributed by atoms with Crippen molar-refractivity contribution in [2.75, 3.05) is 7.11 Å². The lowest BCUT2D eigenvalue weighted by molar-refractivity contribution is -0.385. The van der Waals surface area contributed by atoms with Gasteiger partial charge in [0.25, 0.3) is 23.2 Å². The molecule has 0 saturated carbocycles. The highest BCUT2D eigenvalue weighted by atomic mass is 16.6. The third kappa shape index (κ3) is 8.30. The van der Waals surface area contributed by atoms with E-state index in [1.165, 1.54) is 60.7 Å². The number of esters is 2. The predicted molar refractivity (Wildman–Crippen MR) is 168 cm³/mol. The number of hydrogen-bond acceptors (Lipinski definition) is 14. The minimum Gasteiger partial charge on any atom is -0.466 e. The fourth-order valence-corrected chi connectivity index (χ4v) is 4.78. The summed E-state index contributed by atoms with van der Waals surface area (Å²) in [6.45, 7) is -0.945. The van der Waals surface area contributed by atoms with Gasteiger partial charge >= 0.3 is 18.0 Å². The van der Waals surface area contributed by atoms with E-state index in [1.54, 1.807) is 18.2 Å². The number of rotatable bonds is 13. The maximum atomic E-state index is 13.8. The van der Waals surface area contributed by atoms with Crippen molar-refractivity contribution in [3.05, 3.63) is 128 Å². The summed E-state index contributed by atoms with van der Waals surface area (Å²) in [5.41, 5.74) is 6.62. The van der Waals surface area contributed by atoms with Gasteiger partial charge in [-0.15, -0.1) is 0 Å². The van der Waals surface area contributed by atoms with Gasteiger partial charge in [0, 0.05) is 30.3 Å². The number of carbonyl (C=O) groups excluding carboxylic acids is 5. The molecular weight excluding hydrogens is 662 g/mol. The van der Waals surface area contributed by atoms with Crippen molar-refractivity contribution in [2.45, 2.75) is 37.6 Å². The summed E-state index contributed by atoms with van der Waals surface area (Å²) in [4.78, 5) is 87.4. The average molecular weight is 692 g/mol. The number of nitro benzene ring substituents is 2. The fourth-order valence-electron chi connectivity index (χ4n) is 4.78. The molecule has 1 fully saturated rings. The first kappa shape index (κ1) is 36.3. The van der Waals surface area contributed by atoms with Crippen LogP contribution in [0.4, 0.5) is 16.2 Å². The smallest absolute Gasteiger partial charge is 0.417 e. The van der Waals surface area contributed by atoms with Gasteiger partial charge in [-0.1, -0.05) is 36.4 Å². The molecule has 260 valence electrons. The molecule has 3 aromatic carbocycles. The minimum atomic E-state index is -2.31. The number of ether oxygens (including phenoxy) is 3. The molecule has 18 heteroatoms. The molecule has 0 spiro atoms. The standard InChI is InChI=1S/C32H29N5O13/c1-48-25(38)16-15-24-27(29(40)34(24)30(41)31(42)49-17-19-7-11-22(12-8-19)36(44)45)35(28(39)26(33)21-5-3-2-4-6-21)32(43)50-18-20-9-13-23(14-10-20)37(46)47/h2-16,24,26-27,30,41H,17-18,33H2,1H3/t24?,26-,27?,30?/m0/s1.